The second-order valence-corrected chi connectivity index (χ2v) is 4.10. The summed E-state index contributed by atoms with van der Waals surface area (Å²) in [6.45, 7) is 1.81. The van der Waals surface area contributed by atoms with Gasteiger partial charge < -0.3 is 10.5 Å². The minimum absolute atomic E-state index is 0.00720. The Hall–Kier alpha value is -2.51. The van der Waals surface area contributed by atoms with Gasteiger partial charge >= 0.3 is 12.1 Å². The third-order valence-electron chi connectivity index (χ3n) is 2.70. The lowest BCUT2D eigenvalue weighted by Crippen LogP contribution is -2.12. The Labute approximate surface area is 118 Å². The van der Waals surface area contributed by atoms with Crippen molar-refractivity contribution in [3.05, 3.63) is 41.7 Å². The van der Waals surface area contributed by atoms with E-state index in [-0.39, 0.29) is 23.5 Å². The molecule has 8 heteroatoms. The molecule has 0 amide bonds. The van der Waals surface area contributed by atoms with E-state index in [0.29, 0.717) is 0 Å². The van der Waals surface area contributed by atoms with Crippen molar-refractivity contribution in [2.24, 2.45) is 0 Å². The van der Waals surface area contributed by atoms with Gasteiger partial charge in [0.25, 0.3) is 0 Å². The number of nitrogens with zero attached hydrogens (tertiary/aromatic N) is 2. The van der Waals surface area contributed by atoms with Crippen LogP contribution in [0.3, 0.4) is 0 Å². The Morgan fingerprint density at radius 2 is 2.10 bits per heavy atom. The molecule has 0 saturated heterocycles. The van der Waals surface area contributed by atoms with Crippen LogP contribution in [-0.2, 0) is 10.9 Å². The van der Waals surface area contributed by atoms with Crippen molar-refractivity contribution in [1.82, 2.24) is 9.78 Å². The van der Waals surface area contributed by atoms with E-state index in [1.54, 1.807) is 6.92 Å². The average Bonchev–Trinajstić information content (AvgIpc) is 2.88. The third kappa shape index (κ3) is 2.99. The minimum atomic E-state index is -4.54. The van der Waals surface area contributed by atoms with Crippen molar-refractivity contribution < 1.29 is 22.7 Å². The van der Waals surface area contributed by atoms with Gasteiger partial charge in [0, 0.05) is 6.20 Å². The Morgan fingerprint density at radius 1 is 1.38 bits per heavy atom. The highest BCUT2D eigenvalue weighted by molar-refractivity contribution is 5.97. The van der Waals surface area contributed by atoms with Crippen LogP contribution in [0.2, 0.25) is 0 Å². The Kier molecular flexibility index (Phi) is 3.88. The van der Waals surface area contributed by atoms with Crippen LogP contribution in [0.4, 0.5) is 18.9 Å². The van der Waals surface area contributed by atoms with Crippen LogP contribution < -0.4 is 5.73 Å². The van der Waals surface area contributed by atoms with Gasteiger partial charge in [-0.05, 0) is 25.1 Å². The van der Waals surface area contributed by atoms with Crippen LogP contribution in [0, 0.1) is 0 Å². The van der Waals surface area contributed by atoms with Gasteiger partial charge in [0.05, 0.1) is 23.5 Å². The number of alkyl halides is 3. The van der Waals surface area contributed by atoms with E-state index in [1.807, 2.05) is 0 Å². The number of hydrogen-bond acceptors (Lipinski definition) is 4. The number of anilines is 1. The van der Waals surface area contributed by atoms with E-state index < -0.39 is 17.8 Å². The smallest absolute Gasteiger partial charge is 0.435 e. The van der Waals surface area contributed by atoms with Gasteiger partial charge in [0.15, 0.2) is 5.69 Å². The van der Waals surface area contributed by atoms with E-state index in [9.17, 15) is 18.0 Å². The zero-order chi connectivity index (χ0) is 15.6. The number of aromatic nitrogens is 2. The molecule has 0 aliphatic rings. The number of rotatable bonds is 3. The molecule has 0 aliphatic heterocycles. The second kappa shape index (κ2) is 5.47. The van der Waals surface area contributed by atoms with Gasteiger partial charge in [-0.1, -0.05) is 6.07 Å². The SMILES string of the molecule is CCOC(=O)c1cccc(-n2ccc(C(F)(F)F)n2)c1N. The Bertz CT molecular complexity index is 665. The van der Waals surface area contributed by atoms with Crippen molar-refractivity contribution in [3.8, 4) is 5.69 Å². The van der Waals surface area contributed by atoms with Crippen LogP contribution in [0.25, 0.3) is 5.69 Å². The largest absolute Gasteiger partial charge is 0.462 e. The molecule has 2 aromatic rings. The van der Waals surface area contributed by atoms with E-state index >= 15 is 0 Å². The van der Waals surface area contributed by atoms with Crippen molar-refractivity contribution in [2.75, 3.05) is 12.3 Å². The van der Waals surface area contributed by atoms with E-state index in [0.717, 1.165) is 16.9 Å². The molecule has 0 saturated carbocycles. The van der Waals surface area contributed by atoms with Crippen molar-refractivity contribution >= 4 is 11.7 Å². The van der Waals surface area contributed by atoms with Gasteiger partial charge in [-0.25, -0.2) is 9.48 Å². The van der Waals surface area contributed by atoms with Crippen LogP contribution in [0.15, 0.2) is 30.5 Å². The topological polar surface area (TPSA) is 70.1 Å². The minimum Gasteiger partial charge on any atom is -0.462 e. The molecule has 0 fully saturated rings. The summed E-state index contributed by atoms with van der Waals surface area (Å²) in [5, 5.41) is 3.42. The molecular weight excluding hydrogens is 287 g/mol. The van der Waals surface area contributed by atoms with Crippen molar-refractivity contribution in [3.63, 3.8) is 0 Å². The van der Waals surface area contributed by atoms with Crippen LogP contribution in [0.1, 0.15) is 23.0 Å². The highest BCUT2D eigenvalue weighted by atomic mass is 19.4. The summed E-state index contributed by atoms with van der Waals surface area (Å²) in [5.41, 5.74) is 5.05. The van der Waals surface area contributed by atoms with E-state index in [1.165, 1.54) is 18.2 Å². The molecule has 0 spiro atoms. The second-order valence-electron chi connectivity index (χ2n) is 4.10. The predicted molar refractivity (Wildman–Crippen MR) is 68.9 cm³/mol. The fourth-order valence-electron chi connectivity index (χ4n) is 1.75. The molecule has 0 aliphatic carbocycles. The summed E-state index contributed by atoms with van der Waals surface area (Å²) >= 11 is 0. The zero-order valence-corrected chi connectivity index (χ0v) is 11.0. The number of carbonyl (C=O) groups excluding carboxylic acids is 1. The summed E-state index contributed by atoms with van der Waals surface area (Å²) in [6, 6.07) is 5.22. The number of halogens is 3. The zero-order valence-electron chi connectivity index (χ0n) is 11.0. The Balaban J connectivity index is 2.43. The quantitative estimate of drug-likeness (QED) is 0.698. The van der Waals surface area contributed by atoms with Gasteiger partial charge in [-0.3, -0.25) is 0 Å². The number of para-hydroxylation sites is 1. The van der Waals surface area contributed by atoms with Gasteiger partial charge in [0.2, 0.25) is 0 Å². The molecule has 0 bridgehead atoms. The number of nitrogens with two attached hydrogens (primary N) is 1. The predicted octanol–water partition coefficient (Wildman–Crippen LogP) is 2.65. The van der Waals surface area contributed by atoms with Gasteiger partial charge in [0.1, 0.15) is 0 Å². The first-order chi connectivity index (χ1) is 9.84. The molecule has 0 atom stereocenters. The molecule has 1 aromatic carbocycles. The lowest BCUT2D eigenvalue weighted by molar-refractivity contribution is -0.141. The molecule has 2 rings (SSSR count). The lowest BCUT2D eigenvalue weighted by atomic mass is 10.1. The summed E-state index contributed by atoms with van der Waals surface area (Å²) < 4.78 is 43.4. The molecule has 1 heterocycles. The number of esters is 1. The highest BCUT2D eigenvalue weighted by Crippen LogP contribution is 2.29. The number of nitrogen functional groups attached to an aromatic ring is 1. The maximum Gasteiger partial charge on any atom is 0.435 e. The van der Waals surface area contributed by atoms with Crippen molar-refractivity contribution in [1.29, 1.82) is 0 Å². The maximum absolute atomic E-state index is 12.5. The van der Waals surface area contributed by atoms with Crippen LogP contribution in [-0.4, -0.2) is 22.4 Å². The molecule has 0 unspecified atom stereocenters. The molecule has 1 aromatic heterocycles. The van der Waals surface area contributed by atoms with Gasteiger partial charge in [-0.15, -0.1) is 0 Å². The lowest BCUT2D eigenvalue weighted by Gasteiger charge is -2.10. The molecular formula is C13H12F3N3O2. The summed E-state index contributed by atoms with van der Waals surface area (Å²) in [6.07, 6.45) is -3.41. The fraction of sp³-hybridized carbons (Fsp3) is 0.231. The normalized spacial score (nSPS) is 11.4. The number of benzene rings is 1. The summed E-state index contributed by atoms with van der Waals surface area (Å²) in [4.78, 5) is 11.7. The fourth-order valence-corrected chi connectivity index (χ4v) is 1.75. The van der Waals surface area contributed by atoms with E-state index in [4.69, 9.17) is 10.5 Å². The molecule has 2 N–H and O–H groups in total. The number of ether oxygens (including phenoxy) is 1. The van der Waals surface area contributed by atoms with Crippen LogP contribution in [0.5, 0.6) is 0 Å². The standard InChI is InChI=1S/C13H12F3N3O2/c1-2-21-12(20)8-4-3-5-9(11(8)17)19-7-6-10(18-19)13(14,15)16/h3-7H,2,17H2,1H3. The highest BCUT2D eigenvalue weighted by Gasteiger charge is 2.33. The molecule has 112 valence electrons. The maximum atomic E-state index is 12.5. The van der Waals surface area contributed by atoms with Crippen LogP contribution >= 0.6 is 0 Å². The Morgan fingerprint density at radius 3 is 2.67 bits per heavy atom. The first-order valence-electron chi connectivity index (χ1n) is 6.03. The van der Waals surface area contributed by atoms with Crippen molar-refractivity contribution in [2.45, 2.75) is 13.1 Å². The van der Waals surface area contributed by atoms with Gasteiger partial charge in [-0.2, -0.15) is 18.3 Å². The monoisotopic (exact) mass is 299 g/mol. The number of carbonyl (C=O) groups is 1. The molecule has 0 radical (unpaired) electrons. The number of hydrogen-bond donors (Lipinski definition) is 1. The summed E-state index contributed by atoms with van der Waals surface area (Å²) in [7, 11) is 0. The first-order valence-corrected chi connectivity index (χ1v) is 6.03. The summed E-state index contributed by atoms with van der Waals surface area (Å²) in [5.74, 6) is -0.639. The third-order valence-corrected chi connectivity index (χ3v) is 2.70. The molecule has 5 nitrogen and oxygen atoms in total. The molecule has 21 heavy (non-hydrogen) atoms. The van der Waals surface area contributed by atoms with E-state index in [2.05, 4.69) is 5.10 Å². The average molecular weight is 299 g/mol. The first kappa shape index (κ1) is 14.9.